The number of rotatable bonds is 5. The Labute approximate surface area is 147 Å². The number of ether oxygens (including phenoxy) is 1. The van der Waals surface area contributed by atoms with Gasteiger partial charge in [0.15, 0.2) is 0 Å². The van der Waals surface area contributed by atoms with Crippen molar-refractivity contribution in [2.45, 2.75) is 52.2 Å². The van der Waals surface area contributed by atoms with E-state index in [0.717, 1.165) is 28.6 Å². The van der Waals surface area contributed by atoms with Gasteiger partial charge in [0, 0.05) is 30.1 Å². The van der Waals surface area contributed by atoms with Crippen LogP contribution >= 0.6 is 0 Å². The number of aliphatic carboxylic acids is 1. The molecule has 2 N–H and O–H groups in total. The van der Waals surface area contributed by atoms with Crippen LogP contribution in [0.15, 0.2) is 24.3 Å². The first-order chi connectivity index (χ1) is 11.6. The van der Waals surface area contributed by atoms with Crippen LogP contribution in [0.4, 0.5) is 4.79 Å². The normalized spacial score (nSPS) is 12.8. The van der Waals surface area contributed by atoms with Gasteiger partial charge in [0.25, 0.3) is 0 Å². The number of nitrogens with zero attached hydrogens (tertiary/aromatic N) is 1. The minimum absolute atomic E-state index is 0.207. The van der Waals surface area contributed by atoms with E-state index in [0.29, 0.717) is 0 Å². The molecule has 6 heteroatoms. The Hall–Kier alpha value is -2.50. The number of hydrogen-bond acceptors (Lipinski definition) is 3. The minimum atomic E-state index is -1.08. The highest BCUT2D eigenvalue weighted by molar-refractivity contribution is 5.87. The van der Waals surface area contributed by atoms with Crippen LogP contribution in [0.25, 0.3) is 10.9 Å². The van der Waals surface area contributed by atoms with Gasteiger partial charge in [-0.2, -0.15) is 0 Å². The molecule has 136 valence electrons. The van der Waals surface area contributed by atoms with Crippen LogP contribution in [0.1, 0.15) is 39.0 Å². The molecule has 1 atom stereocenters. The standard InChI is InChI=1S/C19H26N2O4/c1-6-15-13(12-9-7-8-10-16(12)21(15)5)11-14(17(22)23)20-18(24)25-19(2,3)4/h7-10,14H,6,11H2,1-5H3,(H,20,24)(H,22,23). The van der Waals surface area contributed by atoms with E-state index in [9.17, 15) is 14.7 Å². The summed E-state index contributed by atoms with van der Waals surface area (Å²) in [5.74, 6) is -1.08. The Balaban J connectivity index is 2.33. The van der Waals surface area contributed by atoms with Crippen LogP contribution in [-0.2, 0) is 29.4 Å². The second-order valence-electron chi connectivity index (χ2n) is 7.10. The maximum Gasteiger partial charge on any atom is 0.408 e. The van der Waals surface area contributed by atoms with Gasteiger partial charge in [0.1, 0.15) is 11.6 Å². The maximum absolute atomic E-state index is 12.0. The number of carboxylic acids is 1. The molecule has 25 heavy (non-hydrogen) atoms. The number of carboxylic acid groups (broad SMARTS) is 1. The molecule has 1 amide bonds. The minimum Gasteiger partial charge on any atom is -0.480 e. The summed E-state index contributed by atoms with van der Waals surface area (Å²) >= 11 is 0. The summed E-state index contributed by atoms with van der Waals surface area (Å²) in [7, 11) is 1.97. The molecular formula is C19H26N2O4. The summed E-state index contributed by atoms with van der Waals surface area (Å²) in [6.07, 6.45) is 0.261. The lowest BCUT2D eigenvalue weighted by Crippen LogP contribution is -2.44. The smallest absolute Gasteiger partial charge is 0.408 e. The molecule has 0 aliphatic carbocycles. The molecule has 0 bridgehead atoms. The molecule has 0 radical (unpaired) electrons. The number of carbonyl (C=O) groups is 2. The van der Waals surface area contributed by atoms with E-state index in [1.54, 1.807) is 20.8 Å². The molecule has 1 aromatic heterocycles. The number of para-hydroxylation sites is 1. The second-order valence-corrected chi connectivity index (χ2v) is 7.10. The van der Waals surface area contributed by atoms with Crippen molar-refractivity contribution in [1.29, 1.82) is 0 Å². The Morgan fingerprint density at radius 2 is 1.92 bits per heavy atom. The Bertz CT molecular complexity index is 787. The van der Waals surface area contributed by atoms with Crippen molar-refractivity contribution in [3.63, 3.8) is 0 Å². The van der Waals surface area contributed by atoms with Crippen LogP contribution < -0.4 is 5.32 Å². The SMILES string of the molecule is CCc1c(CC(NC(=O)OC(C)(C)C)C(=O)O)c2ccccc2n1C. The first-order valence-corrected chi connectivity index (χ1v) is 8.41. The predicted octanol–water partition coefficient (Wildman–Crippen LogP) is 3.26. The molecule has 0 fully saturated rings. The molecule has 1 aromatic carbocycles. The zero-order chi connectivity index (χ0) is 18.8. The number of amides is 1. The summed E-state index contributed by atoms with van der Waals surface area (Å²) in [5, 5.41) is 13.0. The fourth-order valence-corrected chi connectivity index (χ4v) is 3.06. The van der Waals surface area contributed by atoms with Gasteiger partial charge in [0.2, 0.25) is 0 Å². The average Bonchev–Trinajstić information content (AvgIpc) is 2.77. The highest BCUT2D eigenvalue weighted by atomic mass is 16.6. The van der Waals surface area contributed by atoms with Gasteiger partial charge in [-0.05, 0) is 38.8 Å². The predicted molar refractivity (Wildman–Crippen MR) is 96.8 cm³/mol. The molecule has 0 aliphatic heterocycles. The Morgan fingerprint density at radius 3 is 2.48 bits per heavy atom. The summed E-state index contributed by atoms with van der Waals surface area (Å²) < 4.78 is 7.27. The monoisotopic (exact) mass is 346 g/mol. The van der Waals surface area contributed by atoms with Gasteiger partial charge in [-0.1, -0.05) is 25.1 Å². The van der Waals surface area contributed by atoms with Gasteiger partial charge >= 0.3 is 12.1 Å². The van der Waals surface area contributed by atoms with Gasteiger partial charge in [-0.15, -0.1) is 0 Å². The second kappa shape index (κ2) is 7.17. The molecule has 0 spiro atoms. The number of alkyl carbamates (subject to hydrolysis) is 1. The van der Waals surface area contributed by atoms with Crippen LogP contribution in [-0.4, -0.2) is 33.4 Å². The quantitative estimate of drug-likeness (QED) is 0.871. The van der Waals surface area contributed by atoms with Crippen molar-refractivity contribution in [3.05, 3.63) is 35.5 Å². The third-order valence-electron chi connectivity index (χ3n) is 4.08. The third kappa shape index (κ3) is 4.32. The molecule has 2 aromatic rings. The number of hydrogen-bond donors (Lipinski definition) is 2. The van der Waals surface area contributed by atoms with E-state index in [-0.39, 0.29) is 6.42 Å². The molecule has 1 unspecified atom stereocenters. The van der Waals surface area contributed by atoms with Crippen molar-refractivity contribution in [2.24, 2.45) is 7.05 Å². The summed E-state index contributed by atoms with van der Waals surface area (Å²) in [6.45, 7) is 7.25. The number of benzene rings is 1. The Kier molecular flexibility index (Phi) is 5.40. The summed E-state index contributed by atoms with van der Waals surface area (Å²) in [6, 6.07) is 6.83. The zero-order valence-corrected chi connectivity index (χ0v) is 15.4. The first-order valence-electron chi connectivity index (χ1n) is 8.41. The van der Waals surface area contributed by atoms with Gasteiger partial charge in [-0.3, -0.25) is 0 Å². The third-order valence-corrected chi connectivity index (χ3v) is 4.08. The lowest BCUT2D eigenvalue weighted by molar-refractivity contribution is -0.139. The molecular weight excluding hydrogens is 320 g/mol. The lowest BCUT2D eigenvalue weighted by atomic mass is 10.0. The topological polar surface area (TPSA) is 80.6 Å². The van der Waals surface area contributed by atoms with Crippen molar-refractivity contribution in [2.75, 3.05) is 0 Å². The summed E-state index contributed by atoms with van der Waals surface area (Å²) in [4.78, 5) is 23.7. The molecule has 0 aliphatic rings. The molecule has 0 saturated carbocycles. The van der Waals surface area contributed by atoms with Crippen molar-refractivity contribution >= 4 is 23.0 Å². The summed E-state index contributed by atoms with van der Waals surface area (Å²) in [5.41, 5.74) is 2.39. The fourth-order valence-electron chi connectivity index (χ4n) is 3.06. The van der Waals surface area contributed by atoms with Crippen LogP contribution in [0, 0.1) is 0 Å². The number of nitrogens with one attached hydrogen (secondary N) is 1. The Morgan fingerprint density at radius 1 is 1.28 bits per heavy atom. The van der Waals surface area contributed by atoms with Gasteiger partial charge in [-0.25, -0.2) is 9.59 Å². The van der Waals surface area contributed by atoms with Crippen LogP contribution in [0.3, 0.4) is 0 Å². The van der Waals surface area contributed by atoms with Crippen molar-refractivity contribution < 1.29 is 19.4 Å². The van der Waals surface area contributed by atoms with E-state index >= 15 is 0 Å². The fraction of sp³-hybridized carbons (Fsp3) is 0.474. The average molecular weight is 346 g/mol. The van der Waals surface area contributed by atoms with E-state index in [4.69, 9.17) is 4.74 Å². The van der Waals surface area contributed by atoms with E-state index in [1.165, 1.54) is 0 Å². The van der Waals surface area contributed by atoms with E-state index < -0.39 is 23.7 Å². The largest absolute Gasteiger partial charge is 0.480 e. The number of aromatic nitrogens is 1. The van der Waals surface area contributed by atoms with Crippen LogP contribution in [0.5, 0.6) is 0 Å². The molecule has 2 rings (SSSR count). The molecule has 0 saturated heterocycles. The number of fused-ring (bicyclic) bond motifs is 1. The molecule has 6 nitrogen and oxygen atoms in total. The number of carbonyl (C=O) groups excluding carboxylic acids is 1. The van der Waals surface area contributed by atoms with Crippen molar-refractivity contribution in [3.8, 4) is 0 Å². The lowest BCUT2D eigenvalue weighted by Gasteiger charge is -2.22. The molecule has 1 heterocycles. The number of aryl methyl sites for hydroxylation is 1. The maximum atomic E-state index is 12.0. The van der Waals surface area contributed by atoms with E-state index in [2.05, 4.69) is 9.88 Å². The van der Waals surface area contributed by atoms with Crippen LogP contribution in [0.2, 0.25) is 0 Å². The van der Waals surface area contributed by atoms with Crippen molar-refractivity contribution in [1.82, 2.24) is 9.88 Å². The highest BCUT2D eigenvalue weighted by Gasteiger charge is 2.26. The van der Waals surface area contributed by atoms with E-state index in [1.807, 2.05) is 38.2 Å². The zero-order valence-electron chi connectivity index (χ0n) is 15.4. The highest BCUT2D eigenvalue weighted by Crippen LogP contribution is 2.27. The first kappa shape index (κ1) is 18.8. The van der Waals surface area contributed by atoms with Gasteiger partial charge < -0.3 is 19.7 Å². The van der Waals surface area contributed by atoms with Gasteiger partial charge in [0.05, 0.1) is 0 Å².